The van der Waals surface area contributed by atoms with Crippen LogP contribution in [0.5, 0.6) is 0 Å². The molecule has 0 radical (unpaired) electrons. The van der Waals surface area contributed by atoms with Gasteiger partial charge in [-0.05, 0) is 42.0 Å². The average molecular weight is 411 g/mol. The number of carbonyl (C=O) groups is 1. The summed E-state index contributed by atoms with van der Waals surface area (Å²) in [4.78, 5) is 25.1. The number of benzene rings is 3. The van der Waals surface area contributed by atoms with Crippen LogP contribution in [-0.4, -0.2) is 10.8 Å². The third-order valence-electron chi connectivity index (χ3n) is 3.89. The second-order valence-corrected chi connectivity index (χ2v) is 6.57. The van der Waals surface area contributed by atoms with Crippen molar-refractivity contribution in [2.24, 2.45) is 0 Å². The maximum Gasteiger partial charge on any atom is 0.269 e. The lowest BCUT2D eigenvalue weighted by molar-refractivity contribution is -0.384. The van der Waals surface area contributed by atoms with Crippen LogP contribution in [-0.2, 0) is 6.54 Å². The zero-order valence-electron chi connectivity index (χ0n) is 13.7. The lowest BCUT2D eigenvalue weighted by Gasteiger charge is -2.23. The van der Waals surface area contributed by atoms with Gasteiger partial charge in [0.05, 0.1) is 11.5 Å². The summed E-state index contributed by atoms with van der Waals surface area (Å²) >= 11 is 3.37. The molecule has 6 heteroatoms. The van der Waals surface area contributed by atoms with Crippen LogP contribution >= 0.6 is 15.9 Å². The van der Waals surface area contributed by atoms with Crippen LogP contribution in [0.3, 0.4) is 0 Å². The van der Waals surface area contributed by atoms with Gasteiger partial charge in [-0.3, -0.25) is 14.9 Å². The molecule has 0 fully saturated rings. The molecule has 3 aromatic rings. The number of para-hydroxylation sites is 1. The highest BCUT2D eigenvalue weighted by atomic mass is 79.9. The van der Waals surface area contributed by atoms with E-state index in [1.807, 2.05) is 42.5 Å². The Morgan fingerprint density at radius 2 is 1.54 bits per heavy atom. The van der Waals surface area contributed by atoms with Gasteiger partial charge in [0.1, 0.15) is 0 Å². The number of nitro groups is 1. The fourth-order valence-corrected chi connectivity index (χ4v) is 2.81. The van der Waals surface area contributed by atoms with Gasteiger partial charge in [-0.2, -0.15) is 0 Å². The Balaban J connectivity index is 1.92. The molecule has 0 aliphatic rings. The van der Waals surface area contributed by atoms with Gasteiger partial charge in [0.2, 0.25) is 0 Å². The van der Waals surface area contributed by atoms with Crippen LogP contribution < -0.4 is 4.90 Å². The Kier molecular flexibility index (Phi) is 5.43. The molecule has 0 saturated carbocycles. The molecule has 3 rings (SSSR count). The summed E-state index contributed by atoms with van der Waals surface area (Å²) in [5.74, 6) is -0.137. The Hall–Kier alpha value is -2.99. The quantitative estimate of drug-likeness (QED) is 0.428. The summed E-state index contributed by atoms with van der Waals surface area (Å²) in [5.41, 5.74) is 2.17. The molecule has 0 bridgehead atoms. The van der Waals surface area contributed by atoms with E-state index in [4.69, 9.17) is 0 Å². The minimum absolute atomic E-state index is 0.0271. The van der Waals surface area contributed by atoms with Crippen molar-refractivity contribution in [1.29, 1.82) is 0 Å². The summed E-state index contributed by atoms with van der Waals surface area (Å²) in [5, 5.41) is 10.8. The molecule has 0 aliphatic carbocycles. The predicted molar refractivity (Wildman–Crippen MR) is 104 cm³/mol. The summed E-state index contributed by atoms with van der Waals surface area (Å²) in [6, 6.07) is 22.8. The number of hydrogen-bond donors (Lipinski definition) is 0. The van der Waals surface area contributed by atoms with Crippen molar-refractivity contribution >= 4 is 33.2 Å². The van der Waals surface area contributed by atoms with Crippen LogP contribution in [0.4, 0.5) is 11.4 Å². The van der Waals surface area contributed by atoms with Crippen molar-refractivity contribution in [3.63, 3.8) is 0 Å². The van der Waals surface area contributed by atoms with E-state index in [0.717, 1.165) is 15.7 Å². The minimum atomic E-state index is -0.439. The number of amides is 1. The van der Waals surface area contributed by atoms with E-state index in [2.05, 4.69) is 15.9 Å². The highest BCUT2D eigenvalue weighted by Gasteiger charge is 2.18. The Labute approximate surface area is 159 Å². The number of nitrogens with zero attached hydrogens (tertiary/aromatic N) is 2. The van der Waals surface area contributed by atoms with Crippen LogP contribution in [0, 0.1) is 10.1 Å². The van der Waals surface area contributed by atoms with E-state index < -0.39 is 4.92 Å². The van der Waals surface area contributed by atoms with Crippen LogP contribution in [0.2, 0.25) is 0 Å². The number of halogens is 1. The lowest BCUT2D eigenvalue weighted by Crippen LogP contribution is -2.30. The van der Waals surface area contributed by atoms with Gasteiger partial charge in [-0.25, -0.2) is 0 Å². The molecule has 130 valence electrons. The SMILES string of the molecule is O=C(c1ccc(Br)cc1)N(Cc1ccc([N+](=O)[O-])cc1)c1ccccc1. The fraction of sp³-hybridized carbons (Fsp3) is 0.0500. The average Bonchev–Trinajstić information content (AvgIpc) is 2.67. The van der Waals surface area contributed by atoms with Gasteiger partial charge in [0, 0.05) is 27.9 Å². The van der Waals surface area contributed by atoms with Gasteiger partial charge >= 0.3 is 0 Å². The Morgan fingerprint density at radius 1 is 0.923 bits per heavy atom. The Bertz CT molecular complexity index is 910. The molecule has 0 saturated heterocycles. The molecule has 0 aliphatic heterocycles. The van der Waals surface area contributed by atoms with Gasteiger partial charge in [0.15, 0.2) is 0 Å². The van der Waals surface area contributed by atoms with Crippen molar-refractivity contribution in [3.05, 3.63) is 105 Å². The molecular weight excluding hydrogens is 396 g/mol. The van der Waals surface area contributed by atoms with Gasteiger partial charge in [0.25, 0.3) is 11.6 Å². The third kappa shape index (κ3) is 4.15. The third-order valence-corrected chi connectivity index (χ3v) is 4.42. The fourth-order valence-electron chi connectivity index (χ4n) is 2.54. The maximum atomic E-state index is 13.0. The topological polar surface area (TPSA) is 63.5 Å². The Morgan fingerprint density at radius 3 is 2.12 bits per heavy atom. The van der Waals surface area contributed by atoms with E-state index in [-0.39, 0.29) is 11.6 Å². The zero-order chi connectivity index (χ0) is 18.5. The zero-order valence-corrected chi connectivity index (χ0v) is 15.3. The molecule has 26 heavy (non-hydrogen) atoms. The highest BCUT2D eigenvalue weighted by molar-refractivity contribution is 9.10. The van der Waals surface area contributed by atoms with Crippen molar-refractivity contribution in [1.82, 2.24) is 0 Å². The summed E-state index contributed by atoms with van der Waals surface area (Å²) in [6.45, 7) is 0.316. The largest absolute Gasteiger partial charge is 0.304 e. The molecule has 0 heterocycles. The summed E-state index contributed by atoms with van der Waals surface area (Å²) in [6.07, 6.45) is 0. The smallest absolute Gasteiger partial charge is 0.269 e. The van der Waals surface area contributed by atoms with Crippen LogP contribution in [0.1, 0.15) is 15.9 Å². The number of carbonyl (C=O) groups excluding carboxylic acids is 1. The molecular formula is C20H15BrN2O3. The number of hydrogen-bond acceptors (Lipinski definition) is 3. The van der Waals surface area contributed by atoms with Crippen LogP contribution in [0.15, 0.2) is 83.3 Å². The maximum absolute atomic E-state index is 13.0. The first-order valence-electron chi connectivity index (χ1n) is 7.90. The molecule has 0 atom stereocenters. The minimum Gasteiger partial charge on any atom is -0.304 e. The van der Waals surface area contributed by atoms with Gasteiger partial charge < -0.3 is 4.90 Å². The molecule has 5 nitrogen and oxygen atoms in total. The number of anilines is 1. The van der Waals surface area contributed by atoms with E-state index in [1.54, 1.807) is 29.2 Å². The second-order valence-electron chi connectivity index (χ2n) is 5.66. The molecule has 0 aromatic heterocycles. The number of nitro benzene ring substituents is 1. The van der Waals surface area contributed by atoms with Gasteiger partial charge in [-0.1, -0.05) is 46.3 Å². The highest BCUT2D eigenvalue weighted by Crippen LogP contribution is 2.22. The van der Waals surface area contributed by atoms with Crippen molar-refractivity contribution < 1.29 is 9.72 Å². The van der Waals surface area contributed by atoms with E-state index >= 15 is 0 Å². The van der Waals surface area contributed by atoms with Crippen molar-refractivity contribution in [3.8, 4) is 0 Å². The number of rotatable bonds is 5. The van der Waals surface area contributed by atoms with Gasteiger partial charge in [-0.15, -0.1) is 0 Å². The number of non-ortho nitro benzene ring substituents is 1. The lowest BCUT2D eigenvalue weighted by atomic mass is 10.1. The first kappa shape index (κ1) is 17.8. The normalized spacial score (nSPS) is 10.3. The monoisotopic (exact) mass is 410 g/mol. The van der Waals surface area contributed by atoms with Crippen LogP contribution in [0.25, 0.3) is 0 Å². The molecule has 0 spiro atoms. The second kappa shape index (κ2) is 7.93. The molecule has 0 unspecified atom stereocenters. The predicted octanol–water partition coefficient (Wildman–Crippen LogP) is 5.20. The summed E-state index contributed by atoms with van der Waals surface area (Å²) in [7, 11) is 0. The van der Waals surface area contributed by atoms with Crippen molar-refractivity contribution in [2.45, 2.75) is 6.54 Å². The molecule has 1 amide bonds. The van der Waals surface area contributed by atoms with Crippen molar-refractivity contribution in [2.75, 3.05) is 4.90 Å². The van der Waals surface area contributed by atoms with E-state index in [9.17, 15) is 14.9 Å². The first-order chi connectivity index (χ1) is 12.5. The summed E-state index contributed by atoms with van der Waals surface area (Å²) < 4.78 is 0.899. The molecule has 0 N–H and O–H groups in total. The molecule has 3 aromatic carbocycles. The van der Waals surface area contributed by atoms with E-state index in [1.165, 1.54) is 12.1 Å². The first-order valence-corrected chi connectivity index (χ1v) is 8.70. The van der Waals surface area contributed by atoms with E-state index in [0.29, 0.717) is 12.1 Å². The standard InChI is InChI=1S/C20H15BrN2O3/c21-17-10-8-16(9-11-17)20(24)22(18-4-2-1-3-5-18)14-15-6-12-19(13-7-15)23(25)26/h1-13H,14H2.